The van der Waals surface area contributed by atoms with Crippen molar-refractivity contribution >= 4 is 174 Å². The number of hydrogen-bond donors (Lipinski definition) is 1. The summed E-state index contributed by atoms with van der Waals surface area (Å²) < 4.78 is 25.8. The van der Waals surface area contributed by atoms with Crippen LogP contribution in [-0.4, -0.2) is 156 Å². The zero-order valence-electron chi connectivity index (χ0n) is 9.11. The number of phosphoric acid groups is 3. The maximum absolute atomic E-state index is 8.66. The van der Waals surface area contributed by atoms with E-state index in [0.29, 0.717) is 0 Å². The van der Waals surface area contributed by atoms with Gasteiger partial charge in [-0.25, -0.2) is 0 Å². The fourth-order valence-corrected chi connectivity index (χ4v) is 0. The van der Waals surface area contributed by atoms with Gasteiger partial charge in [0, 0.05) is 0 Å². The van der Waals surface area contributed by atoms with E-state index >= 15 is 0 Å². The summed E-state index contributed by atoms with van der Waals surface area (Å²) in [7, 11) is -15.9. The average molecular weight is 446 g/mol. The van der Waals surface area contributed by atoms with Gasteiger partial charge in [-0.1, -0.05) is 0 Å². The Bertz CT molecular complexity index is 211. The molecule has 0 atom stereocenters. The Labute approximate surface area is 227 Å². The Morgan fingerprint density at radius 2 is 0.526 bits per heavy atom. The van der Waals surface area contributed by atoms with Crippen molar-refractivity contribution < 1.29 is 57.7 Å². The van der Waals surface area contributed by atoms with E-state index in [2.05, 4.69) is 0 Å². The van der Waals surface area contributed by atoms with Gasteiger partial charge < -0.3 is 57.7 Å². The van der Waals surface area contributed by atoms with Gasteiger partial charge in [-0.05, 0) is 0 Å². The minimum absolute atomic E-state index is 0. The van der Waals surface area contributed by atoms with E-state index < -0.39 is 23.5 Å². The normalized spacial score (nSPS) is 9.32. The molecule has 1 N–H and O–H groups in total. The van der Waals surface area contributed by atoms with Gasteiger partial charge in [0.2, 0.25) is 0 Å². The first-order chi connectivity index (χ1) is 6.00. The molecule has 0 aromatic rings. The summed E-state index contributed by atoms with van der Waals surface area (Å²) in [6, 6.07) is 0. The first kappa shape index (κ1) is 44.1. The van der Waals surface area contributed by atoms with Crippen LogP contribution in [0.1, 0.15) is 0 Å². The maximum Gasteiger partial charge on any atom is 2.00 e. The van der Waals surface area contributed by atoms with Gasteiger partial charge in [-0.15, -0.1) is 0 Å². The van der Waals surface area contributed by atoms with Crippen molar-refractivity contribution in [3.05, 3.63) is 0 Å². The van der Waals surface area contributed by atoms with Gasteiger partial charge in [0.15, 0.2) is 0 Å². The molecule has 0 aliphatic rings. The van der Waals surface area contributed by atoms with Crippen LogP contribution in [0.2, 0.25) is 0 Å². The molecule has 0 amide bonds. The molecule has 0 bridgehead atoms. The van der Waals surface area contributed by atoms with Crippen LogP contribution in [0.15, 0.2) is 0 Å². The molecular weight excluding hydrogens is 445 g/mol. The van der Waals surface area contributed by atoms with Gasteiger partial charge in [0.05, 0.1) is 7.82 Å². The second kappa shape index (κ2) is 21.4. The molecule has 12 nitrogen and oxygen atoms in total. The second-order valence-corrected chi connectivity index (χ2v) is 4.09. The summed E-state index contributed by atoms with van der Waals surface area (Å²) in [5.41, 5.74) is 0. The van der Waals surface area contributed by atoms with Crippen molar-refractivity contribution in [1.29, 1.82) is 0 Å². The first-order valence-electron chi connectivity index (χ1n) is 2.21. The van der Waals surface area contributed by atoms with Crippen LogP contribution < -0.4 is 39.1 Å². The van der Waals surface area contributed by atoms with Crippen LogP contribution in [0, 0.1) is 0 Å². The van der Waals surface area contributed by atoms with Crippen LogP contribution >= 0.6 is 23.5 Å². The topological polar surface area (TPSA) is 256 Å². The fraction of sp³-hybridized carbons (Fsp3) is 0. The molecule has 0 spiro atoms. The third-order valence-corrected chi connectivity index (χ3v) is 0. The minimum atomic E-state index is -5.39. The van der Waals surface area contributed by atoms with Crippen LogP contribution in [0.4, 0.5) is 0 Å². The average Bonchev–Trinajstić information content (AvgIpc) is 1.41. The third-order valence-electron chi connectivity index (χ3n) is 0. The monoisotopic (exact) mass is 446 g/mol. The Morgan fingerprint density at radius 3 is 0.526 bits per heavy atom. The van der Waals surface area contributed by atoms with Gasteiger partial charge in [-0.2, -0.15) is 15.6 Å². The third kappa shape index (κ3) is 370. The van der Waals surface area contributed by atoms with Crippen LogP contribution in [0.3, 0.4) is 0 Å². The maximum atomic E-state index is 8.66. The Balaban J connectivity index is -0.0000000206. The van der Waals surface area contributed by atoms with E-state index in [9.17, 15) is 0 Å². The van der Waals surface area contributed by atoms with Crippen molar-refractivity contribution in [1.82, 2.24) is 0 Å². The molecule has 0 saturated carbocycles. The quantitative estimate of drug-likeness (QED) is 0.269. The van der Waals surface area contributed by atoms with E-state index in [-0.39, 0.29) is 151 Å². The van der Waals surface area contributed by atoms with Crippen molar-refractivity contribution in [3.8, 4) is 0 Å². The molecule has 96 valence electrons. The van der Waals surface area contributed by atoms with E-state index in [1.165, 1.54) is 0 Å². The summed E-state index contributed by atoms with van der Waals surface area (Å²) >= 11 is 0. The second-order valence-electron chi connectivity index (χ2n) is 1.36. The van der Waals surface area contributed by atoms with Gasteiger partial charge in [0.1, 0.15) is 0 Å². The molecule has 0 unspecified atom stereocenters. The standard InChI is InChI=1S/4Ca.3H3O4P/c;;;;3*1-5(2,3)4/h;;;;3*(H3,1,2,3,4)/q4*+2;;;/p-8. The SMILES string of the molecule is O=P([O-])([O-])O.O=P([O-])([O-])[O-].O=P([O-])([O-])[O-].[Ca+2].[Ca+2].[Ca+2].[Ca+2]. The summed E-state index contributed by atoms with van der Waals surface area (Å²) in [6.45, 7) is 0. The predicted molar refractivity (Wildman–Crippen MR) is 48.1 cm³/mol. The van der Waals surface area contributed by atoms with E-state index in [1.54, 1.807) is 0 Å². The smallest absolute Gasteiger partial charge is 0.822 e. The Kier molecular flexibility index (Phi) is 49.7. The van der Waals surface area contributed by atoms with Crippen LogP contribution in [0.25, 0.3) is 0 Å². The molecule has 0 aromatic heterocycles. The van der Waals surface area contributed by atoms with Crippen molar-refractivity contribution in [2.75, 3.05) is 0 Å². The summed E-state index contributed by atoms with van der Waals surface area (Å²) in [5.74, 6) is 0. The van der Waals surface area contributed by atoms with Crippen LogP contribution in [0.5, 0.6) is 0 Å². The molecule has 19 heteroatoms. The van der Waals surface area contributed by atoms with Gasteiger partial charge in [0.25, 0.3) is 0 Å². The molecule has 0 aliphatic carbocycles. The van der Waals surface area contributed by atoms with Crippen molar-refractivity contribution in [2.24, 2.45) is 0 Å². The fourth-order valence-electron chi connectivity index (χ4n) is 0. The van der Waals surface area contributed by atoms with E-state index in [1.807, 2.05) is 0 Å². The zero-order chi connectivity index (χ0) is 13.5. The van der Waals surface area contributed by atoms with Gasteiger partial charge in [-0.3, -0.25) is 0 Å². The number of rotatable bonds is 0. The molecule has 0 saturated heterocycles. The summed E-state index contributed by atoms with van der Waals surface area (Å²) in [5, 5.41) is 0. The number of hydrogen-bond acceptors (Lipinski definition) is 11. The van der Waals surface area contributed by atoms with E-state index in [4.69, 9.17) is 57.7 Å². The Hall–Kier alpha value is 5.37. The zero-order valence-corrected chi connectivity index (χ0v) is 20.6. The molecule has 0 heterocycles. The van der Waals surface area contributed by atoms with Crippen LogP contribution in [-0.2, 0) is 13.7 Å². The molecular formula is HCa4O12P3. The molecule has 0 radical (unpaired) electrons. The Morgan fingerprint density at radius 1 is 0.526 bits per heavy atom. The minimum Gasteiger partial charge on any atom is -0.822 e. The van der Waals surface area contributed by atoms with Crippen molar-refractivity contribution in [2.45, 2.75) is 0 Å². The summed E-state index contributed by atoms with van der Waals surface area (Å²) in [4.78, 5) is 75.6. The molecule has 0 aromatic carbocycles. The molecule has 0 fully saturated rings. The summed E-state index contributed by atoms with van der Waals surface area (Å²) in [6.07, 6.45) is 0. The predicted octanol–water partition coefficient (Wildman–Crippen LogP) is -9.37. The first-order valence-corrected chi connectivity index (χ1v) is 6.62. The molecule has 0 aliphatic heterocycles. The largest absolute Gasteiger partial charge is 2.00 e. The van der Waals surface area contributed by atoms with Crippen molar-refractivity contribution in [3.63, 3.8) is 0 Å². The van der Waals surface area contributed by atoms with E-state index in [0.717, 1.165) is 0 Å². The molecule has 0 rings (SSSR count). The van der Waals surface area contributed by atoms with Gasteiger partial charge >= 0.3 is 151 Å². The molecule has 19 heavy (non-hydrogen) atoms.